The summed E-state index contributed by atoms with van der Waals surface area (Å²) in [6, 6.07) is 2.20. The number of fused-ring (bicyclic) bond motifs is 1. The molecule has 0 amide bonds. The Hall–Kier alpha value is -4.05. The molecule has 286 valence electrons. The molecule has 1 fully saturated rings. The summed E-state index contributed by atoms with van der Waals surface area (Å²) in [6.45, 7) is 7.62. The predicted molar refractivity (Wildman–Crippen MR) is 173 cm³/mol. The summed E-state index contributed by atoms with van der Waals surface area (Å²) in [4.78, 5) is 16.7. The SMILES string of the molecule is CCC1CN(C(c2cc(C(F)(F)F)cc(C(F)(F)F)c2)c2nnn(C)n2)c2cc(C(F)(F)F)ccc2N1CC1CCC(CC(=O)OC(C)(C)C)CC1. The molecule has 1 aliphatic heterocycles. The Morgan fingerprint density at radius 1 is 0.827 bits per heavy atom. The lowest BCUT2D eigenvalue weighted by Gasteiger charge is -2.48. The first-order chi connectivity index (χ1) is 24.0. The van der Waals surface area contributed by atoms with Crippen LogP contribution in [-0.2, 0) is 35.1 Å². The van der Waals surface area contributed by atoms with E-state index in [2.05, 4.69) is 15.4 Å². The van der Waals surface area contributed by atoms with Gasteiger partial charge in [0.15, 0.2) is 0 Å². The lowest BCUT2D eigenvalue weighted by Crippen LogP contribution is -2.52. The Bertz CT molecular complexity index is 1690. The normalized spacial score (nSPS) is 20.8. The van der Waals surface area contributed by atoms with E-state index in [4.69, 9.17) is 4.74 Å². The van der Waals surface area contributed by atoms with Crippen molar-refractivity contribution in [1.29, 1.82) is 0 Å². The third-order valence-corrected chi connectivity index (χ3v) is 9.54. The van der Waals surface area contributed by atoms with Crippen LogP contribution in [-0.4, -0.2) is 50.9 Å². The third kappa shape index (κ3) is 9.11. The van der Waals surface area contributed by atoms with Gasteiger partial charge in [-0.1, -0.05) is 6.92 Å². The van der Waals surface area contributed by atoms with Gasteiger partial charge in [0.2, 0.25) is 5.82 Å². The van der Waals surface area contributed by atoms with Crippen LogP contribution in [0.3, 0.4) is 0 Å². The van der Waals surface area contributed by atoms with E-state index >= 15 is 0 Å². The van der Waals surface area contributed by atoms with Gasteiger partial charge in [0.05, 0.1) is 35.1 Å². The lowest BCUT2D eigenvalue weighted by molar-refractivity contribution is -0.156. The molecule has 2 atom stereocenters. The molecule has 2 unspecified atom stereocenters. The highest BCUT2D eigenvalue weighted by Gasteiger charge is 2.43. The van der Waals surface area contributed by atoms with Crippen molar-refractivity contribution in [2.45, 2.75) is 102 Å². The summed E-state index contributed by atoms with van der Waals surface area (Å²) in [7, 11) is 1.35. The van der Waals surface area contributed by atoms with E-state index in [1.165, 1.54) is 18.0 Å². The first kappa shape index (κ1) is 39.2. The van der Waals surface area contributed by atoms with Crippen LogP contribution >= 0.6 is 0 Å². The number of carbonyl (C=O) groups is 1. The average molecular weight is 749 g/mol. The molecule has 17 heteroatoms. The first-order valence-electron chi connectivity index (χ1n) is 17.0. The van der Waals surface area contributed by atoms with Crippen LogP contribution in [0.5, 0.6) is 0 Å². The molecule has 8 nitrogen and oxygen atoms in total. The maximum atomic E-state index is 14.2. The molecule has 2 aromatic carbocycles. The van der Waals surface area contributed by atoms with Gasteiger partial charge in [-0.25, -0.2) is 0 Å². The molecule has 0 N–H and O–H groups in total. The van der Waals surface area contributed by atoms with Gasteiger partial charge in [-0.15, -0.1) is 10.2 Å². The molecule has 0 radical (unpaired) electrons. The summed E-state index contributed by atoms with van der Waals surface area (Å²) in [6.07, 6.45) is -11.4. The minimum Gasteiger partial charge on any atom is -0.460 e. The fourth-order valence-corrected chi connectivity index (χ4v) is 7.16. The zero-order chi connectivity index (χ0) is 38.4. The van der Waals surface area contributed by atoms with E-state index in [0.29, 0.717) is 30.8 Å². The van der Waals surface area contributed by atoms with E-state index in [9.17, 15) is 44.3 Å². The number of hydrogen-bond acceptors (Lipinski definition) is 7. The van der Waals surface area contributed by atoms with Crippen molar-refractivity contribution in [2.75, 3.05) is 22.9 Å². The summed E-state index contributed by atoms with van der Waals surface area (Å²) in [5.41, 5.74) is -5.01. The van der Waals surface area contributed by atoms with Crippen molar-refractivity contribution in [3.05, 3.63) is 64.5 Å². The molecule has 2 heterocycles. The molecular formula is C35H41F9N6O2. The average Bonchev–Trinajstić information content (AvgIpc) is 3.45. The lowest BCUT2D eigenvalue weighted by atomic mass is 9.80. The van der Waals surface area contributed by atoms with Gasteiger partial charge in [0.25, 0.3) is 0 Å². The van der Waals surface area contributed by atoms with E-state index < -0.39 is 58.5 Å². The predicted octanol–water partition coefficient (Wildman–Crippen LogP) is 9.00. The maximum Gasteiger partial charge on any atom is 0.416 e. The highest BCUT2D eigenvalue weighted by atomic mass is 19.4. The number of esters is 1. The first-order valence-corrected chi connectivity index (χ1v) is 17.0. The van der Waals surface area contributed by atoms with Crippen LogP contribution in [0.25, 0.3) is 0 Å². The molecular weight excluding hydrogens is 707 g/mol. The number of carbonyl (C=O) groups excluding carboxylic acids is 1. The van der Waals surface area contributed by atoms with E-state index in [1.807, 2.05) is 11.8 Å². The summed E-state index contributed by atoms with van der Waals surface area (Å²) >= 11 is 0. The van der Waals surface area contributed by atoms with Gasteiger partial charge in [-0.2, -0.15) is 44.3 Å². The van der Waals surface area contributed by atoms with Crippen molar-refractivity contribution in [1.82, 2.24) is 20.2 Å². The van der Waals surface area contributed by atoms with E-state index in [-0.39, 0.29) is 48.3 Å². The second-order valence-electron chi connectivity index (χ2n) is 14.6. The highest BCUT2D eigenvalue weighted by Crippen LogP contribution is 2.47. The monoisotopic (exact) mass is 748 g/mol. The largest absolute Gasteiger partial charge is 0.460 e. The molecule has 0 saturated heterocycles. The third-order valence-electron chi connectivity index (χ3n) is 9.54. The van der Waals surface area contributed by atoms with Gasteiger partial charge < -0.3 is 14.5 Å². The quantitative estimate of drug-likeness (QED) is 0.168. The summed E-state index contributed by atoms with van der Waals surface area (Å²) in [5.74, 6) is -0.325. The molecule has 1 aliphatic carbocycles. The second-order valence-corrected chi connectivity index (χ2v) is 14.6. The Kier molecular flexibility index (Phi) is 10.9. The Balaban J connectivity index is 1.56. The second kappa shape index (κ2) is 14.4. The molecule has 0 spiro atoms. The van der Waals surface area contributed by atoms with Crippen LogP contribution in [0, 0.1) is 11.8 Å². The molecule has 5 rings (SSSR count). The zero-order valence-electron chi connectivity index (χ0n) is 29.3. The Morgan fingerprint density at radius 2 is 1.40 bits per heavy atom. The van der Waals surface area contributed by atoms with E-state index in [0.717, 1.165) is 42.6 Å². The number of benzene rings is 2. The summed E-state index contributed by atoms with van der Waals surface area (Å²) in [5, 5.41) is 11.8. The number of tetrazole rings is 1. The standard InChI is InChI=1S/C35H41F9N6O2/c1-6-26-19-50(30(31-45-47-48(5)46-31)22-14-24(34(39,40)41)16-25(15-22)35(42,43)44)28-17-23(33(36,37)38)11-12-27(28)49(26)18-21-9-7-20(8-10-21)13-29(51)52-32(2,3)4/h11-12,14-17,20-21,26,30H,6-10,13,18-19H2,1-5H3. The molecule has 3 aromatic rings. The van der Waals surface area contributed by atoms with Crippen molar-refractivity contribution < 1.29 is 49.0 Å². The van der Waals surface area contributed by atoms with Crippen molar-refractivity contribution in [3.8, 4) is 0 Å². The number of aromatic nitrogens is 4. The number of anilines is 2. The molecule has 2 aliphatic rings. The number of rotatable bonds is 8. The minimum atomic E-state index is -5.17. The van der Waals surface area contributed by atoms with Gasteiger partial charge >= 0.3 is 24.5 Å². The maximum absolute atomic E-state index is 14.2. The van der Waals surface area contributed by atoms with Crippen molar-refractivity contribution in [3.63, 3.8) is 0 Å². The number of hydrogen-bond donors (Lipinski definition) is 0. The van der Waals surface area contributed by atoms with Gasteiger partial charge in [0, 0.05) is 25.6 Å². The van der Waals surface area contributed by atoms with Gasteiger partial charge in [-0.05, 0) is 112 Å². The van der Waals surface area contributed by atoms with Gasteiger partial charge in [-0.3, -0.25) is 4.79 Å². The zero-order valence-corrected chi connectivity index (χ0v) is 29.3. The number of aryl methyl sites for hydroxylation is 1. The van der Waals surface area contributed by atoms with Crippen LogP contribution in [0.15, 0.2) is 36.4 Å². The molecule has 1 aromatic heterocycles. The fraction of sp³-hybridized carbons (Fsp3) is 0.600. The number of halogens is 9. The fourth-order valence-electron chi connectivity index (χ4n) is 7.16. The number of ether oxygens (including phenoxy) is 1. The van der Waals surface area contributed by atoms with Crippen molar-refractivity contribution >= 4 is 17.3 Å². The highest BCUT2D eigenvalue weighted by molar-refractivity contribution is 5.76. The van der Waals surface area contributed by atoms with E-state index in [1.54, 1.807) is 20.8 Å². The molecule has 52 heavy (non-hydrogen) atoms. The van der Waals surface area contributed by atoms with Crippen LogP contribution < -0.4 is 9.80 Å². The number of alkyl halides is 9. The van der Waals surface area contributed by atoms with Gasteiger partial charge in [0.1, 0.15) is 11.6 Å². The Labute approximate surface area is 295 Å². The topological polar surface area (TPSA) is 76.4 Å². The number of nitrogens with zero attached hydrogens (tertiary/aromatic N) is 6. The Morgan fingerprint density at radius 3 is 1.90 bits per heavy atom. The molecule has 0 bridgehead atoms. The molecule has 1 saturated carbocycles. The smallest absolute Gasteiger partial charge is 0.416 e. The summed E-state index contributed by atoms with van der Waals surface area (Å²) < 4.78 is 132. The van der Waals surface area contributed by atoms with Crippen LogP contribution in [0.4, 0.5) is 50.9 Å². The minimum absolute atomic E-state index is 0.00457. The van der Waals surface area contributed by atoms with Crippen molar-refractivity contribution in [2.24, 2.45) is 18.9 Å². The van der Waals surface area contributed by atoms with Crippen LogP contribution in [0.2, 0.25) is 0 Å². The van der Waals surface area contributed by atoms with Crippen LogP contribution in [0.1, 0.15) is 100 Å².